The number of amides is 1. The maximum absolute atomic E-state index is 12.2. The van der Waals surface area contributed by atoms with Gasteiger partial charge in [-0.25, -0.2) is 4.68 Å². The van der Waals surface area contributed by atoms with E-state index in [0.717, 1.165) is 42.7 Å². The predicted octanol–water partition coefficient (Wildman–Crippen LogP) is 2.34. The normalized spacial score (nSPS) is 14.9. The smallest absolute Gasteiger partial charge is 0.273 e. The summed E-state index contributed by atoms with van der Waals surface area (Å²) in [5, 5.41) is 15.4. The number of hydrogen-bond acceptors (Lipinski definition) is 5. The number of fused-ring (bicyclic) bond motifs is 1. The predicted molar refractivity (Wildman–Crippen MR) is 101 cm³/mol. The van der Waals surface area contributed by atoms with Gasteiger partial charge in [-0.1, -0.05) is 23.4 Å². The summed E-state index contributed by atoms with van der Waals surface area (Å²) in [5.41, 5.74) is 1.23. The lowest BCUT2D eigenvalue weighted by Gasteiger charge is -2.22. The molecule has 0 radical (unpaired) electrons. The Bertz CT molecular complexity index is 836. The molecule has 3 aromatic rings. The van der Waals surface area contributed by atoms with Crippen molar-refractivity contribution in [2.45, 2.75) is 25.3 Å². The Morgan fingerprint density at radius 1 is 1.31 bits per heavy atom. The van der Waals surface area contributed by atoms with E-state index < -0.39 is 0 Å². The van der Waals surface area contributed by atoms with Crippen molar-refractivity contribution in [3.8, 4) is 0 Å². The number of carbonyl (C=O) groups is 1. The second-order valence-electron chi connectivity index (χ2n) is 6.32. The van der Waals surface area contributed by atoms with Gasteiger partial charge in [0.25, 0.3) is 5.91 Å². The number of furan rings is 1. The van der Waals surface area contributed by atoms with E-state index in [1.165, 1.54) is 0 Å². The zero-order valence-corrected chi connectivity index (χ0v) is 15.2. The highest BCUT2D eigenvalue weighted by Gasteiger charge is 2.18. The summed E-state index contributed by atoms with van der Waals surface area (Å²) in [5.74, 6) is 0.663. The number of piperidine rings is 1. The van der Waals surface area contributed by atoms with Crippen molar-refractivity contribution < 1.29 is 9.21 Å². The van der Waals surface area contributed by atoms with Crippen molar-refractivity contribution in [1.82, 2.24) is 25.6 Å². The first kappa shape index (κ1) is 18.4. The molecule has 2 N–H and O–H groups in total. The highest BCUT2D eigenvalue weighted by atomic mass is 35.5. The lowest BCUT2D eigenvalue weighted by molar-refractivity contribution is 0.0948. The van der Waals surface area contributed by atoms with Crippen molar-refractivity contribution in [1.29, 1.82) is 0 Å². The Labute approximate surface area is 157 Å². The molecule has 0 aliphatic carbocycles. The highest BCUT2D eigenvalue weighted by molar-refractivity contribution is 5.91. The van der Waals surface area contributed by atoms with Crippen molar-refractivity contribution in [3.63, 3.8) is 0 Å². The second-order valence-corrected chi connectivity index (χ2v) is 6.32. The van der Waals surface area contributed by atoms with Crippen LogP contribution in [0, 0.1) is 0 Å². The Hall–Kier alpha value is -2.38. The average molecular weight is 376 g/mol. The first-order valence-corrected chi connectivity index (χ1v) is 8.68. The first-order chi connectivity index (χ1) is 12.3. The molecule has 0 bridgehead atoms. The summed E-state index contributed by atoms with van der Waals surface area (Å²) >= 11 is 0. The van der Waals surface area contributed by atoms with Crippen LogP contribution < -0.4 is 10.6 Å². The van der Waals surface area contributed by atoms with Gasteiger partial charge in [0, 0.05) is 18.4 Å². The third kappa shape index (κ3) is 4.05. The number of hydrogen-bond donors (Lipinski definition) is 2. The Morgan fingerprint density at radius 3 is 2.92 bits per heavy atom. The third-order valence-corrected chi connectivity index (χ3v) is 4.56. The van der Waals surface area contributed by atoms with E-state index in [0.29, 0.717) is 24.7 Å². The molecule has 138 valence electrons. The van der Waals surface area contributed by atoms with Gasteiger partial charge in [0.1, 0.15) is 11.3 Å². The molecular formula is C18H22ClN5O2. The van der Waals surface area contributed by atoms with Crippen LogP contribution in [0.1, 0.15) is 35.1 Å². The van der Waals surface area contributed by atoms with Crippen LogP contribution in [0.2, 0.25) is 0 Å². The number of carbonyl (C=O) groups excluding carboxylic acids is 1. The van der Waals surface area contributed by atoms with Crippen LogP contribution in [0.4, 0.5) is 0 Å². The van der Waals surface area contributed by atoms with Gasteiger partial charge in [-0.2, -0.15) is 0 Å². The van der Waals surface area contributed by atoms with Crippen LogP contribution >= 0.6 is 12.4 Å². The topological polar surface area (TPSA) is 85.0 Å². The maximum Gasteiger partial charge on any atom is 0.273 e. The van der Waals surface area contributed by atoms with E-state index in [9.17, 15) is 4.79 Å². The number of aromatic nitrogens is 3. The number of benzene rings is 1. The van der Waals surface area contributed by atoms with Crippen LogP contribution in [0.25, 0.3) is 11.0 Å². The van der Waals surface area contributed by atoms with E-state index in [1.54, 1.807) is 6.20 Å². The van der Waals surface area contributed by atoms with E-state index in [4.69, 9.17) is 4.42 Å². The minimum Gasteiger partial charge on any atom is -0.461 e. The van der Waals surface area contributed by atoms with Crippen LogP contribution in [-0.4, -0.2) is 40.5 Å². The van der Waals surface area contributed by atoms with Crippen LogP contribution in [0.3, 0.4) is 0 Å². The molecule has 1 aromatic carbocycles. The molecule has 2 aromatic heterocycles. The summed E-state index contributed by atoms with van der Waals surface area (Å²) in [6, 6.07) is 10.2. The Balaban J connectivity index is 0.00000196. The first-order valence-electron chi connectivity index (χ1n) is 8.68. The largest absolute Gasteiger partial charge is 0.461 e. The van der Waals surface area contributed by atoms with E-state index >= 15 is 0 Å². The molecule has 1 aliphatic rings. The fourth-order valence-electron chi connectivity index (χ4n) is 3.18. The molecule has 0 atom stereocenters. The molecule has 0 saturated carbocycles. The molecule has 7 nitrogen and oxygen atoms in total. The molecule has 3 heterocycles. The molecule has 8 heteroatoms. The van der Waals surface area contributed by atoms with Gasteiger partial charge in [-0.15, -0.1) is 17.5 Å². The van der Waals surface area contributed by atoms with Gasteiger partial charge < -0.3 is 15.1 Å². The summed E-state index contributed by atoms with van der Waals surface area (Å²) < 4.78 is 7.56. The number of nitrogens with zero attached hydrogens (tertiary/aromatic N) is 3. The monoisotopic (exact) mass is 375 g/mol. The highest BCUT2D eigenvalue weighted by Crippen LogP contribution is 2.19. The number of rotatable bonds is 5. The maximum atomic E-state index is 12.2. The minimum absolute atomic E-state index is 0. The molecule has 1 aliphatic heterocycles. The van der Waals surface area contributed by atoms with Gasteiger partial charge in [0.2, 0.25) is 0 Å². The lowest BCUT2D eigenvalue weighted by atomic mass is 10.1. The van der Waals surface area contributed by atoms with E-state index in [2.05, 4.69) is 20.9 Å². The fraction of sp³-hybridized carbons (Fsp3) is 0.389. The molecule has 4 rings (SSSR count). The van der Waals surface area contributed by atoms with Gasteiger partial charge in [-0.3, -0.25) is 4.79 Å². The molecule has 1 fully saturated rings. The van der Waals surface area contributed by atoms with Crippen molar-refractivity contribution in [3.05, 3.63) is 48.0 Å². The zero-order chi connectivity index (χ0) is 17.1. The fourth-order valence-corrected chi connectivity index (χ4v) is 3.18. The van der Waals surface area contributed by atoms with Crippen LogP contribution in [0.15, 0.2) is 40.9 Å². The van der Waals surface area contributed by atoms with Gasteiger partial charge in [0.15, 0.2) is 5.69 Å². The lowest BCUT2D eigenvalue weighted by Crippen LogP contribution is -2.29. The molecule has 0 unspecified atom stereocenters. The zero-order valence-electron chi connectivity index (χ0n) is 14.4. The standard InChI is InChI=1S/C18H21N5O2.ClH/c24-18(16-12-23(22-21-16)14-5-8-19-9-6-14)20-10-7-15-11-13-3-1-2-4-17(13)25-15;/h1-4,11-12,14,19H,5-10H2,(H,20,24);1H. The van der Waals surface area contributed by atoms with Crippen molar-refractivity contribution in [2.24, 2.45) is 0 Å². The quantitative estimate of drug-likeness (QED) is 0.715. The second kappa shape index (κ2) is 8.33. The SMILES string of the molecule is Cl.O=C(NCCc1cc2ccccc2o1)c1cn(C2CCNCC2)nn1. The summed E-state index contributed by atoms with van der Waals surface area (Å²) in [7, 11) is 0. The van der Waals surface area contributed by atoms with Crippen molar-refractivity contribution >= 4 is 29.3 Å². The molecule has 1 amide bonds. The van der Waals surface area contributed by atoms with Crippen LogP contribution in [-0.2, 0) is 6.42 Å². The molecule has 0 spiro atoms. The van der Waals surface area contributed by atoms with E-state index in [-0.39, 0.29) is 18.3 Å². The van der Waals surface area contributed by atoms with E-state index in [1.807, 2.05) is 35.0 Å². The number of nitrogens with one attached hydrogen (secondary N) is 2. The Morgan fingerprint density at radius 2 is 2.12 bits per heavy atom. The molecular weight excluding hydrogens is 354 g/mol. The summed E-state index contributed by atoms with van der Waals surface area (Å²) in [6.07, 6.45) is 4.41. The van der Waals surface area contributed by atoms with Crippen molar-refractivity contribution in [2.75, 3.05) is 19.6 Å². The van der Waals surface area contributed by atoms with Gasteiger partial charge in [0.05, 0.1) is 12.2 Å². The molecule has 26 heavy (non-hydrogen) atoms. The summed E-state index contributed by atoms with van der Waals surface area (Å²) in [6.45, 7) is 2.45. The Kier molecular flexibility index (Phi) is 5.90. The van der Waals surface area contributed by atoms with Gasteiger partial charge in [-0.05, 0) is 38.1 Å². The minimum atomic E-state index is -0.198. The average Bonchev–Trinajstić information content (AvgIpc) is 3.29. The summed E-state index contributed by atoms with van der Waals surface area (Å²) in [4.78, 5) is 12.2. The van der Waals surface area contributed by atoms with Crippen LogP contribution in [0.5, 0.6) is 0 Å². The molecule has 1 saturated heterocycles. The van der Waals surface area contributed by atoms with Gasteiger partial charge >= 0.3 is 0 Å². The number of para-hydroxylation sites is 1. The number of halogens is 1. The third-order valence-electron chi connectivity index (χ3n) is 4.56.